The second-order valence-electron chi connectivity index (χ2n) is 7.87. The van der Waals surface area contributed by atoms with E-state index in [-0.39, 0.29) is 17.9 Å². The monoisotopic (exact) mass is 398 g/mol. The van der Waals surface area contributed by atoms with Gasteiger partial charge in [0.1, 0.15) is 5.92 Å². The number of fused-ring (bicyclic) bond motifs is 1. The maximum absolute atomic E-state index is 13.6. The van der Waals surface area contributed by atoms with Crippen LogP contribution in [0.1, 0.15) is 22.7 Å². The minimum atomic E-state index is -0.845. The topological polar surface area (TPSA) is 49.9 Å². The van der Waals surface area contributed by atoms with Crippen LogP contribution < -0.4 is 9.96 Å². The molecule has 0 radical (unpaired) electrons. The van der Waals surface area contributed by atoms with Crippen molar-refractivity contribution in [2.75, 3.05) is 9.96 Å². The highest BCUT2D eigenvalue weighted by atomic mass is 16.7. The Labute approximate surface area is 175 Å². The van der Waals surface area contributed by atoms with Gasteiger partial charge in [-0.15, -0.1) is 0 Å². The number of hydrogen-bond donors (Lipinski definition) is 0. The average molecular weight is 398 g/mol. The summed E-state index contributed by atoms with van der Waals surface area (Å²) in [7, 11) is 0. The molecule has 0 bridgehead atoms. The maximum atomic E-state index is 13.6. The molecule has 0 spiro atoms. The molecule has 0 N–H and O–H groups in total. The molecule has 2 amide bonds. The molecule has 30 heavy (non-hydrogen) atoms. The van der Waals surface area contributed by atoms with Crippen LogP contribution >= 0.6 is 0 Å². The number of hydroxylamine groups is 1. The first-order valence-electron chi connectivity index (χ1n) is 10.1. The summed E-state index contributed by atoms with van der Waals surface area (Å²) in [6.45, 7) is 3.96. The predicted molar refractivity (Wildman–Crippen MR) is 115 cm³/mol. The summed E-state index contributed by atoms with van der Waals surface area (Å²) in [6.07, 6.45) is -0.845. The zero-order valence-corrected chi connectivity index (χ0v) is 16.9. The molecule has 150 valence electrons. The van der Waals surface area contributed by atoms with Crippen molar-refractivity contribution in [1.29, 1.82) is 0 Å². The number of nitrogens with zero attached hydrogens (tertiary/aromatic N) is 2. The fourth-order valence-electron chi connectivity index (χ4n) is 4.47. The van der Waals surface area contributed by atoms with Crippen molar-refractivity contribution in [1.82, 2.24) is 0 Å². The summed E-state index contributed by atoms with van der Waals surface area (Å²) < 4.78 is 0. The first kappa shape index (κ1) is 18.6. The van der Waals surface area contributed by atoms with Crippen LogP contribution in [-0.4, -0.2) is 17.9 Å². The second-order valence-corrected chi connectivity index (χ2v) is 7.87. The van der Waals surface area contributed by atoms with E-state index in [4.69, 9.17) is 4.84 Å². The SMILES string of the molecule is Cc1cccc(N2C(=O)C3ON(c4ccccc4)C(c4ccccc4C)C3C2=O)c1. The van der Waals surface area contributed by atoms with Gasteiger partial charge in [0.25, 0.3) is 5.91 Å². The molecule has 3 atom stereocenters. The molecule has 0 aliphatic carbocycles. The molecule has 5 nitrogen and oxygen atoms in total. The molecular formula is C25H22N2O3. The Balaban J connectivity index is 1.61. The molecule has 3 unspecified atom stereocenters. The van der Waals surface area contributed by atoms with E-state index in [0.29, 0.717) is 5.69 Å². The van der Waals surface area contributed by atoms with Crippen LogP contribution in [-0.2, 0) is 14.4 Å². The maximum Gasteiger partial charge on any atom is 0.266 e. The third-order valence-corrected chi connectivity index (χ3v) is 5.89. The van der Waals surface area contributed by atoms with Crippen molar-refractivity contribution in [3.8, 4) is 0 Å². The van der Waals surface area contributed by atoms with E-state index < -0.39 is 12.0 Å². The zero-order chi connectivity index (χ0) is 20.8. The van der Waals surface area contributed by atoms with Gasteiger partial charge in [0, 0.05) is 0 Å². The standard InChI is InChI=1S/C25H22N2O3/c1-16-9-8-13-19(15-16)26-24(28)21-22(20-14-7-6-10-17(20)2)27(30-23(21)25(26)29)18-11-4-3-5-12-18/h3-15,21-23H,1-2H3. The van der Waals surface area contributed by atoms with Crippen molar-refractivity contribution >= 4 is 23.2 Å². The smallest absolute Gasteiger partial charge is 0.266 e. The molecule has 2 fully saturated rings. The van der Waals surface area contributed by atoms with Crippen molar-refractivity contribution in [2.45, 2.75) is 26.0 Å². The summed E-state index contributed by atoms with van der Waals surface area (Å²) in [5, 5.41) is 1.74. The summed E-state index contributed by atoms with van der Waals surface area (Å²) in [5.41, 5.74) is 4.45. The molecule has 3 aromatic rings. The Morgan fingerprint density at radius 2 is 1.47 bits per heavy atom. The van der Waals surface area contributed by atoms with E-state index in [2.05, 4.69) is 0 Å². The number of carbonyl (C=O) groups excluding carboxylic acids is 2. The number of rotatable bonds is 3. The van der Waals surface area contributed by atoms with Gasteiger partial charge in [-0.3, -0.25) is 14.4 Å². The second kappa shape index (κ2) is 7.11. The van der Waals surface area contributed by atoms with E-state index in [0.717, 1.165) is 22.4 Å². The van der Waals surface area contributed by atoms with Gasteiger partial charge >= 0.3 is 0 Å². The fraction of sp³-hybridized carbons (Fsp3) is 0.200. The van der Waals surface area contributed by atoms with Gasteiger partial charge in [0.2, 0.25) is 5.91 Å². The zero-order valence-electron chi connectivity index (χ0n) is 16.9. The Bertz CT molecular complexity index is 1130. The molecule has 5 rings (SSSR count). The number of para-hydroxylation sites is 1. The van der Waals surface area contributed by atoms with Crippen molar-refractivity contribution < 1.29 is 14.4 Å². The fourth-order valence-corrected chi connectivity index (χ4v) is 4.47. The number of imide groups is 1. The molecule has 2 aliphatic rings. The van der Waals surface area contributed by atoms with Crippen LogP contribution in [0.15, 0.2) is 78.9 Å². The summed E-state index contributed by atoms with van der Waals surface area (Å²) in [5.74, 6) is -1.14. The molecule has 2 saturated heterocycles. The van der Waals surface area contributed by atoms with Crippen molar-refractivity contribution in [3.63, 3.8) is 0 Å². The highest BCUT2D eigenvalue weighted by Gasteiger charge is 2.60. The lowest BCUT2D eigenvalue weighted by atomic mass is 9.88. The third-order valence-electron chi connectivity index (χ3n) is 5.89. The lowest BCUT2D eigenvalue weighted by Gasteiger charge is -2.29. The first-order valence-corrected chi connectivity index (χ1v) is 10.1. The largest absolute Gasteiger partial charge is 0.273 e. The van der Waals surface area contributed by atoms with E-state index in [1.807, 2.05) is 86.6 Å². The van der Waals surface area contributed by atoms with Gasteiger partial charge in [-0.2, -0.15) is 0 Å². The van der Waals surface area contributed by atoms with Gasteiger partial charge in [-0.1, -0.05) is 54.6 Å². The molecular weight excluding hydrogens is 376 g/mol. The van der Waals surface area contributed by atoms with Gasteiger partial charge in [-0.05, 0) is 54.8 Å². The highest BCUT2D eigenvalue weighted by molar-refractivity contribution is 6.24. The Kier molecular flexibility index (Phi) is 4.40. The highest BCUT2D eigenvalue weighted by Crippen LogP contribution is 2.48. The Hall–Kier alpha value is -3.44. The van der Waals surface area contributed by atoms with E-state index in [9.17, 15) is 9.59 Å². The third kappa shape index (κ3) is 2.82. The minimum Gasteiger partial charge on any atom is -0.273 e. The first-order chi connectivity index (χ1) is 14.6. The lowest BCUT2D eigenvalue weighted by molar-refractivity contribution is -0.126. The van der Waals surface area contributed by atoms with Crippen molar-refractivity contribution in [2.24, 2.45) is 5.92 Å². The quantitative estimate of drug-likeness (QED) is 0.616. The van der Waals surface area contributed by atoms with Crippen molar-refractivity contribution in [3.05, 3.63) is 95.6 Å². The van der Waals surface area contributed by atoms with E-state index in [1.54, 1.807) is 11.1 Å². The number of anilines is 2. The van der Waals surface area contributed by atoms with Crippen LogP contribution in [0.2, 0.25) is 0 Å². The van der Waals surface area contributed by atoms with Gasteiger partial charge in [0.15, 0.2) is 6.10 Å². The van der Waals surface area contributed by atoms with Gasteiger partial charge in [-0.25, -0.2) is 9.96 Å². The van der Waals surface area contributed by atoms with E-state index in [1.165, 1.54) is 4.90 Å². The van der Waals surface area contributed by atoms with Crippen LogP contribution in [0, 0.1) is 19.8 Å². The number of benzene rings is 3. The molecule has 3 aromatic carbocycles. The number of amides is 2. The number of aryl methyl sites for hydroxylation is 2. The van der Waals surface area contributed by atoms with Crippen LogP contribution in [0.25, 0.3) is 0 Å². The van der Waals surface area contributed by atoms with Gasteiger partial charge in [0.05, 0.1) is 17.4 Å². The molecule has 0 saturated carbocycles. The lowest BCUT2D eigenvalue weighted by Crippen LogP contribution is -2.37. The molecule has 2 aliphatic heterocycles. The number of carbonyl (C=O) groups is 2. The van der Waals surface area contributed by atoms with E-state index >= 15 is 0 Å². The Morgan fingerprint density at radius 3 is 2.20 bits per heavy atom. The normalized spacial score (nSPS) is 23.2. The average Bonchev–Trinajstić information content (AvgIpc) is 3.25. The van der Waals surface area contributed by atoms with Crippen LogP contribution in [0.3, 0.4) is 0 Å². The molecule has 0 aromatic heterocycles. The van der Waals surface area contributed by atoms with Crippen LogP contribution in [0.4, 0.5) is 11.4 Å². The summed E-state index contributed by atoms with van der Waals surface area (Å²) >= 11 is 0. The predicted octanol–water partition coefficient (Wildman–Crippen LogP) is 4.35. The molecule has 5 heteroatoms. The number of hydrogen-bond acceptors (Lipinski definition) is 4. The van der Waals surface area contributed by atoms with Crippen LogP contribution in [0.5, 0.6) is 0 Å². The molecule has 2 heterocycles. The van der Waals surface area contributed by atoms with Gasteiger partial charge < -0.3 is 0 Å². The minimum absolute atomic E-state index is 0.220. The Morgan fingerprint density at radius 1 is 0.767 bits per heavy atom. The summed E-state index contributed by atoms with van der Waals surface area (Å²) in [6, 6.07) is 24.7. The summed E-state index contributed by atoms with van der Waals surface area (Å²) in [4.78, 5) is 34.3.